The van der Waals surface area contributed by atoms with Gasteiger partial charge in [-0.25, -0.2) is 0 Å². The lowest BCUT2D eigenvalue weighted by molar-refractivity contribution is -0.173. The maximum Gasteiger partial charge on any atom is 0.317 e. The Bertz CT molecular complexity index is 1170. The van der Waals surface area contributed by atoms with Crippen LogP contribution in [0.3, 0.4) is 0 Å². The fourth-order valence-electron chi connectivity index (χ4n) is 10.4. The van der Waals surface area contributed by atoms with Gasteiger partial charge in [-0.3, -0.25) is 14.4 Å². The maximum atomic E-state index is 12.5. The van der Waals surface area contributed by atoms with Gasteiger partial charge in [0.1, 0.15) is 12.5 Å². The number of aliphatic hydroxyl groups excluding tert-OH is 1. The minimum Gasteiger partial charge on any atom is -0.469 e. The van der Waals surface area contributed by atoms with E-state index in [1.54, 1.807) is 5.57 Å². The Morgan fingerprint density at radius 1 is 0.953 bits per heavy atom. The molecule has 0 aromatic heterocycles. The van der Waals surface area contributed by atoms with Crippen molar-refractivity contribution in [3.63, 3.8) is 0 Å². The number of carbonyl (C=O) groups excluding carboxylic acids is 3. The summed E-state index contributed by atoms with van der Waals surface area (Å²) in [5.74, 6) is -0.547. The highest BCUT2D eigenvalue weighted by Crippen LogP contribution is 2.72. The summed E-state index contributed by atoms with van der Waals surface area (Å²) in [6.45, 7) is 20.0. The van der Waals surface area contributed by atoms with E-state index >= 15 is 0 Å². The molecule has 7 heteroatoms. The van der Waals surface area contributed by atoms with E-state index in [1.165, 1.54) is 19.8 Å². The lowest BCUT2D eigenvalue weighted by Gasteiger charge is -2.63. The van der Waals surface area contributed by atoms with Crippen LogP contribution in [0.15, 0.2) is 23.3 Å². The molecule has 0 bridgehead atoms. The summed E-state index contributed by atoms with van der Waals surface area (Å²) in [4.78, 5) is 36.2. The van der Waals surface area contributed by atoms with Crippen molar-refractivity contribution in [3.8, 4) is 0 Å². The molecule has 0 aromatic rings. The molecule has 7 nitrogen and oxygen atoms in total. The van der Waals surface area contributed by atoms with E-state index in [2.05, 4.69) is 52.9 Å². The van der Waals surface area contributed by atoms with Gasteiger partial charge in [0, 0.05) is 10.8 Å². The van der Waals surface area contributed by atoms with E-state index in [0.717, 1.165) is 56.9 Å². The molecule has 1 N–H and O–H groups in total. The summed E-state index contributed by atoms with van der Waals surface area (Å²) in [6, 6.07) is 0. The van der Waals surface area contributed by atoms with Gasteiger partial charge in [0.05, 0.1) is 26.2 Å². The Kier molecular flexibility index (Phi) is 9.40. The summed E-state index contributed by atoms with van der Waals surface area (Å²) in [5, 5.41) is 12.1. The molecule has 4 rings (SSSR count). The fraction of sp³-hybridized carbons (Fsp3) is 0.806. The monoisotopic (exact) mass is 600 g/mol. The van der Waals surface area contributed by atoms with Gasteiger partial charge in [-0.2, -0.15) is 0 Å². The molecule has 3 unspecified atom stereocenters. The number of carbonyl (C=O) groups is 3. The topological polar surface area (TPSA) is 99.1 Å². The van der Waals surface area contributed by atoms with Gasteiger partial charge in [-0.15, -0.1) is 0 Å². The number of hydrogen-bond donors (Lipinski definition) is 1. The average molecular weight is 601 g/mol. The molecule has 0 aliphatic heterocycles. The van der Waals surface area contributed by atoms with Crippen LogP contribution in [0.1, 0.15) is 113 Å². The number of methoxy groups -OCH3 is 2. The quantitative estimate of drug-likeness (QED) is 0.132. The van der Waals surface area contributed by atoms with Crippen LogP contribution < -0.4 is 0 Å². The van der Waals surface area contributed by atoms with Crippen LogP contribution >= 0.6 is 0 Å². The van der Waals surface area contributed by atoms with Gasteiger partial charge in [0.15, 0.2) is 0 Å². The number of fused-ring (bicyclic) bond motifs is 4. The summed E-state index contributed by atoms with van der Waals surface area (Å²) < 4.78 is 15.5. The molecule has 0 saturated heterocycles. The number of rotatable bonds is 9. The van der Waals surface area contributed by atoms with Gasteiger partial charge in [-0.05, 0) is 93.3 Å². The molecule has 242 valence electrons. The van der Waals surface area contributed by atoms with Crippen molar-refractivity contribution in [2.24, 2.45) is 45.3 Å². The third-order valence-electron chi connectivity index (χ3n) is 13.4. The van der Waals surface area contributed by atoms with Crippen molar-refractivity contribution in [3.05, 3.63) is 23.3 Å². The summed E-state index contributed by atoms with van der Waals surface area (Å²) in [6.07, 6.45) is 7.22. The highest BCUT2D eigenvalue weighted by atomic mass is 16.6. The maximum absolute atomic E-state index is 12.5. The molecule has 4 aliphatic rings. The van der Waals surface area contributed by atoms with Crippen molar-refractivity contribution in [2.75, 3.05) is 14.2 Å². The summed E-state index contributed by atoms with van der Waals surface area (Å²) >= 11 is 0. The molecule has 4 aliphatic carbocycles. The van der Waals surface area contributed by atoms with Gasteiger partial charge in [0.25, 0.3) is 0 Å². The Hall–Kier alpha value is -2.15. The first kappa shape index (κ1) is 33.7. The van der Waals surface area contributed by atoms with Crippen molar-refractivity contribution < 1.29 is 33.7 Å². The zero-order valence-electron chi connectivity index (χ0n) is 28.1. The van der Waals surface area contributed by atoms with Crippen LogP contribution in [0.4, 0.5) is 0 Å². The highest BCUT2D eigenvalue weighted by molar-refractivity contribution is 5.91. The third-order valence-corrected chi connectivity index (χ3v) is 13.4. The van der Waals surface area contributed by atoms with Gasteiger partial charge in [-0.1, -0.05) is 64.8 Å². The van der Waals surface area contributed by atoms with E-state index in [0.29, 0.717) is 24.2 Å². The lowest BCUT2D eigenvalue weighted by Crippen LogP contribution is -2.58. The second-order valence-corrected chi connectivity index (χ2v) is 15.5. The minimum atomic E-state index is -0.576. The molecule has 0 spiro atoms. The van der Waals surface area contributed by atoms with Crippen LogP contribution in [-0.4, -0.2) is 49.4 Å². The number of ether oxygens (including phenoxy) is 3. The van der Waals surface area contributed by atoms with Crippen molar-refractivity contribution in [1.29, 1.82) is 0 Å². The normalized spacial score (nSPS) is 37.7. The van der Waals surface area contributed by atoms with Crippen molar-refractivity contribution in [1.82, 2.24) is 0 Å². The molecule has 0 heterocycles. The average Bonchev–Trinajstić information content (AvgIpc) is 3.25. The summed E-state index contributed by atoms with van der Waals surface area (Å²) in [7, 11) is 2.70. The molecule has 0 amide bonds. The molecular weight excluding hydrogens is 544 g/mol. The molecule has 2 saturated carbocycles. The predicted octanol–water partition coefficient (Wildman–Crippen LogP) is 6.96. The van der Waals surface area contributed by atoms with Gasteiger partial charge >= 0.3 is 17.9 Å². The molecule has 2 fully saturated rings. The highest BCUT2D eigenvalue weighted by Gasteiger charge is 2.66. The first-order chi connectivity index (χ1) is 20.0. The molecule has 9 atom stereocenters. The number of allylic oxidation sites excluding steroid dienone is 1. The van der Waals surface area contributed by atoms with E-state index in [9.17, 15) is 19.5 Å². The van der Waals surface area contributed by atoms with Crippen LogP contribution in [0.2, 0.25) is 0 Å². The second kappa shape index (κ2) is 12.0. The second-order valence-electron chi connectivity index (χ2n) is 15.5. The molecule has 0 radical (unpaired) electrons. The first-order valence-corrected chi connectivity index (χ1v) is 16.4. The van der Waals surface area contributed by atoms with Crippen LogP contribution in [0, 0.1) is 45.3 Å². The van der Waals surface area contributed by atoms with Gasteiger partial charge < -0.3 is 19.3 Å². The predicted molar refractivity (Wildman–Crippen MR) is 166 cm³/mol. The molecular formula is C36H56O7. The number of hydrogen-bond acceptors (Lipinski definition) is 7. The summed E-state index contributed by atoms with van der Waals surface area (Å²) in [5.41, 5.74) is 3.32. The molecule has 0 aromatic carbocycles. The minimum absolute atomic E-state index is 0.0703. The largest absolute Gasteiger partial charge is 0.469 e. The Morgan fingerprint density at radius 2 is 1.63 bits per heavy atom. The SMILES string of the molecule is C=C(CC[C@@H](C)[C@H]1CC[C@@]2(C)C3=C(CC(O)[C@]12C)[C@@]1(C)CCC(OC(=O)CC(=O)OC)C(C)(C)[C@@H]1CC3)C(C)C(=O)OC. The lowest BCUT2D eigenvalue weighted by atomic mass is 9.42. The fourth-order valence-corrected chi connectivity index (χ4v) is 10.4. The van der Waals surface area contributed by atoms with Crippen LogP contribution in [0.5, 0.6) is 0 Å². The Labute approximate surface area is 259 Å². The van der Waals surface area contributed by atoms with E-state index in [-0.39, 0.29) is 46.1 Å². The van der Waals surface area contributed by atoms with Crippen molar-refractivity contribution >= 4 is 17.9 Å². The van der Waals surface area contributed by atoms with E-state index < -0.39 is 18.0 Å². The van der Waals surface area contributed by atoms with E-state index in [1.807, 2.05) is 6.92 Å². The van der Waals surface area contributed by atoms with E-state index in [4.69, 9.17) is 9.47 Å². The first-order valence-electron chi connectivity index (χ1n) is 16.4. The standard InChI is InChI=1S/C36H56O7/c1-21(23(3)32(40)42-10)11-12-22(2)24-15-18-35(7)25-13-14-27-33(4,5)29(43-31(39)20-30(38)41-9)16-17-34(27,6)26(25)19-28(37)36(24,35)8/h22-24,27-29,37H,1,11-20H2,2-10H3/t22-,23?,24-,27+,28?,29?,34-,35+,36+/m1/s1. The van der Waals surface area contributed by atoms with Crippen LogP contribution in [0.25, 0.3) is 0 Å². The zero-order valence-corrected chi connectivity index (χ0v) is 28.1. The van der Waals surface area contributed by atoms with Crippen molar-refractivity contribution in [2.45, 2.75) is 125 Å². The Balaban J connectivity index is 1.56. The Morgan fingerprint density at radius 3 is 2.26 bits per heavy atom. The smallest absolute Gasteiger partial charge is 0.317 e. The molecule has 43 heavy (non-hydrogen) atoms. The number of esters is 3. The third kappa shape index (κ3) is 5.40. The number of aliphatic hydroxyl groups is 1. The van der Waals surface area contributed by atoms with Gasteiger partial charge in [0.2, 0.25) is 0 Å². The van der Waals surface area contributed by atoms with Crippen LogP contribution in [-0.2, 0) is 28.6 Å². The zero-order chi connectivity index (χ0) is 32.1.